The van der Waals surface area contributed by atoms with Crippen LogP contribution in [0.5, 0.6) is 0 Å². The normalized spacial score (nSPS) is 14.6. The summed E-state index contributed by atoms with van der Waals surface area (Å²) in [6, 6.07) is 50.8. The van der Waals surface area contributed by atoms with E-state index in [1.807, 2.05) is 47.1 Å². The fraction of sp³-hybridized carbons (Fsp3) is 0.0444. The molecule has 0 saturated carbocycles. The third-order valence-electron chi connectivity index (χ3n) is 9.78. The Morgan fingerprint density at radius 3 is 2.12 bits per heavy atom. The van der Waals surface area contributed by atoms with Crippen LogP contribution in [-0.4, -0.2) is 15.4 Å². The maximum atomic E-state index is 4.86. The maximum absolute atomic E-state index is 4.86. The summed E-state index contributed by atoms with van der Waals surface area (Å²) in [7, 11) is 0. The number of benzene rings is 5. The van der Waals surface area contributed by atoms with Crippen LogP contribution in [0, 0.1) is 0 Å². The molecule has 0 N–H and O–H groups in total. The van der Waals surface area contributed by atoms with Crippen LogP contribution >= 0.6 is 22.7 Å². The van der Waals surface area contributed by atoms with Gasteiger partial charge in [-0.15, -0.1) is 22.7 Å². The lowest BCUT2D eigenvalue weighted by Crippen LogP contribution is -2.30. The molecule has 3 nitrogen and oxygen atoms in total. The summed E-state index contributed by atoms with van der Waals surface area (Å²) in [5.41, 5.74) is 9.13. The first-order chi connectivity index (χ1) is 24.7. The van der Waals surface area contributed by atoms with Crippen molar-refractivity contribution in [3.05, 3.63) is 175 Å². The summed E-state index contributed by atoms with van der Waals surface area (Å²) >= 11 is 3.73. The smallest absolute Gasteiger partial charge is 0.137 e. The number of allylic oxidation sites excluding steroid dienone is 2. The molecule has 4 heterocycles. The first kappa shape index (κ1) is 29.2. The van der Waals surface area contributed by atoms with Crippen molar-refractivity contribution in [1.29, 1.82) is 0 Å². The number of thiophene rings is 2. The molecule has 10 rings (SSSR count). The highest BCUT2D eigenvalue weighted by Gasteiger charge is 2.22. The van der Waals surface area contributed by atoms with Crippen LogP contribution in [0.15, 0.2) is 170 Å². The van der Waals surface area contributed by atoms with Crippen LogP contribution in [0.3, 0.4) is 0 Å². The van der Waals surface area contributed by atoms with E-state index < -0.39 is 0 Å². The number of nitrogens with zero attached hydrogens (tertiary/aromatic N) is 3. The highest BCUT2D eigenvalue weighted by molar-refractivity contribution is 7.25. The molecule has 1 unspecified atom stereocenters. The van der Waals surface area contributed by atoms with Crippen LogP contribution in [-0.2, 0) is 0 Å². The van der Waals surface area contributed by atoms with Gasteiger partial charge in [-0.1, -0.05) is 91.0 Å². The lowest BCUT2D eigenvalue weighted by atomic mass is 9.98. The molecule has 238 valence electrons. The second-order valence-electron chi connectivity index (χ2n) is 12.8. The molecule has 0 fully saturated rings. The molecule has 1 aliphatic carbocycles. The Balaban J connectivity index is 0.996. The summed E-state index contributed by atoms with van der Waals surface area (Å²) < 4.78 is 6.07. The van der Waals surface area contributed by atoms with Crippen molar-refractivity contribution in [2.24, 2.45) is 0 Å². The van der Waals surface area contributed by atoms with Crippen LogP contribution in [0.25, 0.3) is 63.9 Å². The van der Waals surface area contributed by atoms with Crippen molar-refractivity contribution in [3.63, 3.8) is 0 Å². The summed E-state index contributed by atoms with van der Waals surface area (Å²) in [5.74, 6) is 0. The number of imidazole rings is 1. The topological polar surface area (TPSA) is 20.5 Å². The number of fused-ring (bicyclic) bond motifs is 5. The van der Waals surface area contributed by atoms with E-state index in [4.69, 9.17) is 4.98 Å². The molecular formula is C45H31N3S2. The predicted octanol–water partition coefficient (Wildman–Crippen LogP) is 12.8. The van der Waals surface area contributed by atoms with E-state index in [0.717, 1.165) is 29.0 Å². The van der Waals surface area contributed by atoms with Gasteiger partial charge in [0.15, 0.2) is 0 Å². The zero-order chi connectivity index (χ0) is 33.0. The van der Waals surface area contributed by atoms with Gasteiger partial charge in [0.05, 0.1) is 11.7 Å². The molecule has 1 atom stereocenters. The fourth-order valence-corrected chi connectivity index (χ4v) is 9.40. The van der Waals surface area contributed by atoms with Crippen molar-refractivity contribution >= 4 is 75.5 Å². The predicted molar refractivity (Wildman–Crippen MR) is 215 cm³/mol. The van der Waals surface area contributed by atoms with Gasteiger partial charge in [-0.3, -0.25) is 0 Å². The fourth-order valence-electron chi connectivity index (χ4n) is 7.23. The van der Waals surface area contributed by atoms with E-state index in [0.29, 0.717) is 0 Å². The first-order valence-corrected chi connectivity index (χ1v) is 18.6. The van der Waals surface area contributed by atoms with Crippen LogP contribution in [0.4, 0.5) is 11.4 Å². The van der Waals surface area contributed by atoms with Gasteiger partial charge in [-0.05, 0) is 95.2 Å². The van der Waals surface area contributed by atoms with E-state index >= 15 is 0 Å². The second kappa shape index (κ2) is 12.0. The molecule has 0 aliphatic heterocycles. The zero-order valence-electron chi connectivity index (χ0n) is 27.1. The maximum Gasteiger partial charge on any atom is 0.137 e. The van der Waals surface area contributed by atoms with Crippen LogP contribution in [0.2, 0.25) is 0 Å². The Kier molecular flexibility index (Phi) is 7.00. The third kappa shape index (κ3) is 5.14. The van der Waals surface area contributed by atoms with Crippen LogP contribution < -0.4 is 4.90 Å². The Morgan fingerprint density at radius 1 is 0.620 bits per heavy atom. The van der Waals surface area contributed by atoms with Crippen molar-refractivity contribution in [1.82, 2.24) is 9.38 Å². The number of hydrogen-bond acceptors (Lipinski definition) is 4. The highest BCUT2D eigenvalue weighted by atomic mass is 32.1. The average Bonchev–Trinajstić information content (AvgIpc) is 3.91. The Hall–Kier alpha value is -5.75. The van der Waals surface area contributed by atoms with Gasteiger partial charge in [0, 0.05) is 59.1 Å². The van der Waals surface area contributed by atoms with Gasteiger partial charge in [0.1, 0.15) is 5.65 Å². The van der Waals surface area contributed by atoms with E-state index in [-0.39, 0.29) is 6.04 Å². The molecule has 0 bridgehead atoms. The first-order valence-electron chi connectivity index (χ1n) is 17.0. The number of pyridine rings is 1. The molecule has 5 aromatic carbocycles. The summed E-state index contributed by atoms with van der Waals surface area (Å²) in [4.78, 5) is 8.66. The summed E-state index contributed by atoms with van der Waals surface area (Å²) in [6.45, 7) is 0. The van der Waals surface area contributed by atoms with E-state index in [2.05, 4.69) is 155 Å². The number of hydrogen-bond donors (Lipinski definition) is 0. The lowest BCUT2D eigenvalue weighted by molar-refractivity contribution is 0.787. The van der Waals surface area contributed by atoms with E-state index in [1.165, 1.54) is 57.5 Å². The second-order valence-corrected chi connectivity index (χ2v) is 15.0. The summed E-state index contributed by atoms with van der Waals surface area (Å²) in [6.07, 6.45) is 12.1. The lowest BCUT2D eigenvalue weighted by Gasteiger charge is -2.33. The third-order valence-corrected chi connectivity index (χ3v) is 12.1. The molecular weight excluding hydrogens is 647 g/mol. The molecule has 0 spiro atoms. The molecule has 5 heteroatoms. The van der Waals surface area contributed by atoms with Gasteiger partial charge in [0.25, 0.3) is 0 Å². The molecule has 9 aromatic rings. The monoisotopic (exact) mass is 677 g/mol. The minimum Gasteiger partial charge on any atom is -0.334 e. The number of aromatic nitrogens is 2. The molecule has 0 saturated heterocycles. The van der Waals surface area contributed by atoms with Gasteiger partial charge in [-0.25, -0.2) is 4.98 Å². The molecule has 0 amide bonds. The quantitative estimate of drug-likeness (QED) is 0.175. The number of anilines is 2. The average molecular weight is 678 g/mol. The van der Waals surface area contributed by atoms with E-state index in [1.54, 1.807) is 0 Å². The SMILES string of the molecule is C1=CC(N(c2ccc(-c3ccc4sc5ccccc5c4c3)cc2)c2ccc(-c3cn4ccccc4n3)cc2)CC=C1c1cc2ccccc2s1. The Morgan fingerprint density at radius 2 is 1.34 bits per heavy atom. The molecule has 0 radical (unpaired) electrons. The largest absolute Gasteiger partial charge is 0.334 e. The van der Waals surface area contributed by atoms with Gasteiger partial charge >= 0.3 is 0 Å². The minimum atomic E-state index is 0.175. The van der Waals surface area contributed by atoms with E-state index in [9.17, 15) is 0 Å². The van der Waals surface area contributed by atoms with Gasteiger partial charge in [-0.2, -0.15) is 0 Å². The zero-order valence-corrected chi connectivity index (χ0v) is 28.7. The summed E-state index contributed by atoms with van der Waals surface area (Å²) in [5, 5.41) is 3.96. The Bertz CT molecular complexity index is 2680. The minimum absolute atomic E-state index is 0.175. The van der Waals surface area contributed by atoms with Gasteiger partial charge < -0.3 is 9.30 Å². The van der Waals surface area contributed by atoms with Crippen molar-refractivity contribution < 1.29 is 0 Å². The highest BCUT2D eigenvalue weighted by Crippen LogP contribution is 2.39. The van der Waals surface area contributed by atoms with Gasteiger partial charge in [0.2, 0.25) is 0 Å². The van der Waals surface area contributed by atoms with Crippen molar-refractivity contribution in [3.8, 4) is 22.4 Å². The molecule has 50 heavy (non-hydrogen) atoms. The van der Waals surface area contributed by atoms with Crippen LogP contribution in [0.1, 0.15) is 11.3 Å². The number of rotatable bonds is 6. The standard InChI is InChI=1S/C45H31N3S2/c1-3-9-41-34(7-1)28-44(49-41)32-16-23-37(24-17-32)48(36-21-14-31(15-22-36)40-29-47-26-6-5-11-45(47)46-40)35-19-12-30(13-20-35)33-18-25-43-39(27-33)38-8-2-4-10-42(38)50-43/h1-23,25-29,37H,24H2. The van der Waals surface area contributed by atoms with Crippen molar-refractivity contribution in [2.75, 3.05) is 4.90 Å². The molecule has 4 aromatic heterocycles. The van der Waals surface area contributed by atoms with Crippen molar-refractivity contribution in [2.45, 2.75) is 12.5 Å². The molecule has 1 aliphatic rings. The Labute approximate surface area is 298 Å².